The van der Waals surface area contributed by atoms with Crippen LogP contribution in [0, 0.1) is 0 Å². The van der Waals surface area contributed by atoms with Gasteiger partial charge in [-0.15, -0.1) is 0 Å². The third kappa shape index (κ3) is 4.36. The first-order valence-electron chi connectivity index (χ1n) is 8.50. The van der Waals surface area contributed by atoms with E-state index in [1.54, 1.807) is 5.70 Å². The van der Waals surface area contributed by atoms with Gasteiger partial charge in [0.2, 0.25) is 0 Å². The van der Waals surface area contributed by atoms with Gasteiger partial charge in [0.15, 0.2) is 0 Å². The van der Waals surface area contributed by atoms with E-state index in [4.69, 9.17) is 0 Å². The van der Waals surface area contributed by atoms with Crippen LogP contribution in [0.2, 0.25) is 0 Å². The fourth-order valence-corrected chi connectivity index (χ4v) is 3.78. The highest BCUT2D eigenvalue weighted by Crippen LogP contribution is 2.26. The number of likely N-dealkylation sites (tertiary alicyclic amines) is 1. The molecule has 0 spiro atoms. The van der Waals surface area contributed by atoms with Gasteiger partial charge in [0.05, 0.1) is 13.1 Å². The van der Waals surface area contributed by atoms with Crippen LogP contribution in [0.3, 0.4) is 0 Å². The van der Waals surface area contributed by atoms with E-state index in [1.807, 2.05) is 0 Å². The van der Waals surface area contributed by atoms with Gasteiger partial charge in [-0.1, -0.05) is 0 Å². The van der Waals surface area contributed by atoms with Crippen molar-refractivity contribution in [1.29, 1.82) is 0 Å². The zero-order valence-corrected chi connectivity index (χ0v) is 15.8. The summed E-state index contributed by atoms with van der Waals surface area (Å²) in [5.74, 6) is 1.38. The van der Waals surface area contributed by atoms with Crippen LogP contribution in [0.5, 0.6) is 0 Å². The molecule has 0 aromatic rings. The normalized spacial score (nSPS) is 25.8. The molecule has 3 aliphatic rings. The molecule has 0 aromatic carbocycles. The van der Waals surface area contributed by atoms with Crippen molar-refractivity contribution < 1.29 is 28.6 Å². The molecule has 2 saturated heterocycles. The average molecular weight is 403 g/mol. The molecule has 0 amide bonds. The highest BCUT2D eigenvalue weighted by molar-refractivity contribution is 5.91. The monoisotopic (exact) mass is 403 g/mol. The predicted molar refractivity (Wildman–Crippen MR) is 84.2 cm³/mol. The molecule has 21 heavy (non-hydrogen) atoms. The van der Waals surface area contributed by atoms with Crippen LogP contribution in [0.15, 0.2) is 11.8 Å². The van der Waals surface area contributed by atoms with Crippen LogP contribution in [0.4, 0.5) is 0 Å². The van der Waals surface area contributed by atoms with Gasteiger partial charge in [0, 0.05) is 31.3 Å². The summed E-state index contributed by atoms with van der Waals surface area (Å²) in [6.45, 7) is 9.65. The number of nitrogens with zero attached hydrogens (tertiary/aromatic N) is 2. The second kappa shape index (κ2) is 7.34. The second-order valence-electron chi connectivity index (χ2n) is 7.30. The van der Waals surface area contributed by atoms with E-state index in [0.717, 1.165) is 6.42 Å². The maximum Gasteiger partial charge on any atom is 0.271 e. The summed E-state index contributed by atoms with van der Waals surface area (Å²) < 4.78 is 2.56. The van der Waals surface area contributed by atoms with Crippen molar-refractivity contribution in [3.8, 4) is 0 Å². The molecule has 1 N–H and O–H groups in total. The smallest absolute Gasteiger partial charge is 0.271 e. The van der Waals surface area contributed by atoms with Gasteiger partial charge < -0.3 is 28.9 Å². The van der Waals surface area contributed by atoms with E-state index in [0.29, 0.717) is 0 Å². The Balaban J connectivity index is 0.00000161. The number of amidine groups is 1. The first-order chi connectivity index (χ1) is 9.64. The van der Waals surface area contributed by atoms with Crippen LogP contribution < -0.4 is 29.3 Å². The van der Waals surface area contributed by atoms with Crippen molar-refractivity contribution in [3.05, 3.63) is 11.8 Å². The Labute approximate surface area is 146 Å². The molecule has 120 valence electrons. The van der Waals surface area contributed by atoms with Gasteiger partial charge in [-0.25, -0.2) is 0 Å². The quantitative estimate of drug-likeness (QED) is 0.480. The summed E-state index contributed by atoms with van der Waals surface area (Å²) in [5.41, 5.74) is 1.75. The van der Waals surface area contributed by atoms with Crippen molar-refractivity contribution in [2.24, 2.45) is 0 Å². The first kappa shape index (κ1) is 17.1. The Kier molecular flexibility index (Phi) is 5.97. The van der Waals surface area contributed by atoms with Crippen molar-refractivity contribution in [2.45, 2.75) is 64.3 Å². The zero-order valence-electron chi connectivity index (χ0n) is 13.6. The second-order valence-corrected chi connectivity index (χ2v) is 7.30. The number of nitrogens with one attached hydrogen (secondary N) is 1. The third-order valence-electron chi connectivity index (χ3n) is 4.85. The molecular weight excluding hydrogens is 373 g/mol. The van der Waals surface area contributed by atoms with Gasteiger partial charge in [-0.3, -0.25) is 9.89 Å². The molecule has 0 radical (unpaired) electrons. The fourth-order valence-electron chi connectivity index (χ4n) is 3.78. The van der Waals surface area contributed by atoms with Gasteiger partial charge in [0.1, 0.15) is 5.54 Å². The fraction of sp³-hybridized carbons (Fsp3) is 0.824. The Morgan fingerprint density at radius 3 is 2.29 bits per heavy atom. The Morgan fingerprint density at radius 1 is 1.00 bits per heavy atom. The maximum absolute atomic E-state index is 3.77. The number of halogens is 1. The maximum atomic E-state index is 3.77. The third-order valence-corrected chi connectivity index (χ3v) is 4.85. The van der Waals surface area contributed by atoms with E-state index in [9.17, 15) is 0 Å². The topological polar surface area (TPSA) is 18.3 Å². The summed E-state index contributed by atoms with van der Waals surface area (Å²) >= 11 is 0. The van der Waals surface area contributed by atoms with Crippen molar-refractivity contribution in [1.82, 2.24) is 10.2 Å². The molecule has 3 aliphatic heterocycles. The Morgan fingerprint density at radius 2 is 1.62 bits per heavy atom. The predicted octanol–water partition coefficient (Wildman–Crippen LogP) is -0.273. The molecule has 0 aromatic heterocycles. The SMILES string of the molecule is CC1(C)CC(N2CCCCC2)=CC(=[N+]2CCCCC2)N1.[I-]. The zero-order chi connectivity index (χ0) is 14.0. The minimum Gasteiger partial charge on any atom is -1.00 e. The summed E-state index contributed by atoms with van der Waals surface area (Å²) in [5, 5.41) is 3.77. The molecular formula is C17H30IN3. The molecule has 3 heterocycles. The van der Waals surface area contributed by atoms with E-state index in [-0.39, 0.29) is 29.5 Å². The Hall–Kier alpha value is -0.260. The molecule has 0 unspecified atom stereocenters. The van der Waals surface area contributed by atoms with Gasteiger partial charge in [0.25, 0.3) is 5.84 Å². The van der Waals surface area contributed by atoms with E-state index < -0.39 is 0 Å². The summed E-state index contributed by atoms with van der Waals surface area (Å²) in [7, 11) is 0. The van der Waals surface area contributed by atoms with Crippen molar-refractivity contribution in [3.63, 3.8) is 0 Å². The van der Waals surface area contributed by atoms with E-state index in [1.165, 1.54) is 70.5 Å². The number of hydrogen-bond acceptors (Lipinski definition) is 1. The minimum absolute atomic E-state index is 0. The Bertz CT molecular complexity index is 412. The molecule has 0 saturated carbocycles. The number of hydrogen-bond donors (Lipinski definition) is 1. The summed E-state index contributed by atoms with van der Waals surface area (Å²) in [4.78, 5) is 2.63. The van der Waals surface area contributed by atoms with Crippen LogP contribution >= 0.6 is 0 Å². The lowest BCUT2D eigenvalue weighted by atomic mass is 9.92. The van der Waals surface area contributed by atoms with Crippen LogP contribution in [0.1, 0.15) is 58.8 Å². The minimum atomic E-state index is 0. The first-order valence-corrected chi connectivity index (χ1v) is 8.50. The lowest BCUT2D eigenvalue weighted by Gasteiger charge is -2.37. The summed E-state index contributed by atoms with van der Waals surface area (Å²) in [6.07, 6.45) is 11.8. The number of rotatable bonds is 1. The highest BCUT2D eigenvalue weighted by Gasteiger charge is 2.34. The largest absolute Gasteiger partial charge is 1.00 e. The van der Waals surface area contributed by atoms with Gasteiger partial charge in [-0.05, 0) is 52.4 Å². The van der Waals surface area contributed by atoms with E-state index in [2.05, 4.69) is 34.7 Å². The van der Waals surface area contributed by atoms with Gasteiger partial charge >= 0.3 is 0 Å². The number of piperidine rings is 2. The lowest BCUT2D eigenvalue weighted by molar-refractivity contribution is -0.538. The molecule has 3 nitrogen and oxygen atoms in total. The standard InChI is InChI=1S/C17H29N3.HI/c1-17(2)14-15(19-9-5-3-6-10-19)13-16(18-17)20-11-7-4-8-12-20;/h13H,3-12,14H2,1-2H3;1H. The summed E-state index contributed by atoms with van der Waals surface area (Å²) in [6, 6.07) is 0. The molecule has 0 aliphatic carbocycles. The van der Waals surface area contributed by atoms with Crippen molar-refractivity contribution >= 4 is 5.84 Å². The van der Waals surface area contributed by atoms with Crippen LogP contribution in [-0.4, -0.2) is 47.0 Å². The van der Waals surface area contributed by atoms with Gasteiger partial charge in [-0.2, -0.15) is 0 Å². The lowest BCUT2D eigenvalue weighted by Crippen LogP contribution is -3.00. The highest BCUT2D eigenvalue weighted by atomic mass is 127. The van der Waals surface area contributed by atoms with E-state index >= 15 is 0 Å². The average Bonchev–Trinajstić information content (AvgIpc) is 2.47. The van der Waals surface area contributed by atoms with Crippen LogP contribution in [-0.2, 0) is 0 Å². The van der Waals surface area contributed by atoms with Crippen molar-refractivity contribution in [2.75, 3.05) is 26.2 Å². The molecule has 4 heteroatoms. The molecule has 2 fully saturated rings. The molecule has 0 atom stereocenters. The molecule has 0 bridgehead atoms. The molecule has 3 rings (SSSR count). The van der Waals surface area contributed by atoms with Crippen LogP contribution in [0.25, 0.3) is 0 Å².